The van der Waals surface area contributed by atoms with Gasteiger partial charge >= 0.3 is 6.03 Å². The third-order valence-electron chi connectivity index (χ3n) is 6.34. The van der Waals surface area contributed by atoms with E-state index in [-0.39, 0.29) is 29.9 Å². The van der Waals surface area contributed by atoms with Gasteiger partial charge in [-0.1, -0.05) is 31.4 Å². The number of hydrogen-bond donors (Lipinski definition) is 2. The molecule has 9 nitrogen and oxygen atoms in total. The Morgan fingerprint density at radius 1 is 1.09 bits per heavy atom. The summed E-state index contributed by atoms with van der Waals surface area (Å²) in [6, 6.07) is 12.3. The minimum absolute atomic E-state index is 0.0101. The molecule has 2 N–H and O–H groups in total. The van der Waals surface area contributed by atoms with Crippen LogP contribution in [0.5, 0.6) is 0 Å². The highest BCUT2D eigenvalue weighted by atomic mass is 32.2. The van der Waals surface area contributed by atoms with Crippen molar-refractivity contribution in [1.29, 1.82) is 0 Å². The monoisotopic (exact) mass is 484 g/mol. The second-order valence-electron chi connectivity index (χ2n) is 8.63. The van der Waals surface area contributed by atoms with Gasteiger partial charge in [0.2, 0.25) is 15.9 Å². The number of benzene rings is 2. The molecule has 1 aliphatic heterocycles. The van der Waals surface area contributed by atoms with Gasteiger partial charge in [-0.3, -0.25) is 14.5 Å². The summed E-state index contributed by atoms with van der Waals surface area (Å²) >= 11 is 0. The zero-order valence-corrected chi connectivity index (χ0v) is 19.8. The fourth-order valence-electron chi connectivity index (χ4n) is 4.33. The first kappa shape index (κ1) is 23.9. The van der Waals surface area contributed by atoms with Crippen molar-refractivity contribution in [2.45, 2.75) is 49.6 Å². The first-order valence-electron chi connectivity index (χ1n) is 11.3. The Morgan fingerprint density at radius 2 is 1.79 bits per heavy atom. The minimum Gasteiger partial charge on any atom is -0.329 e. The molecule has 0 bridgehead atoms. The van der Waals surface area contributed by atoms with Crippen LogP contribution in [0, 0.1) is 0 Å². The molecular weight excluding hydrogens is 456 g/mol. The number of urea groups is 1. The molecule has 0 aromatic heterocycles. The average Bonchev–Trinajstić information content (AvgIpc) is 3.16. The summed E-state index contributed by atoms with van der Waals surface area (Å²) in [6.07, 6.45) is 4.94. The Bertz CT molecular complexity index is 1170. The predicted octanol–water partition coefficient (Wildman–Crippen LogP) is 2.94. The molecule has 0 atom stereocenters. The molecule has 2 aliphatic rings. The first-order chi connectivity index (χ1) is 16.3. The van der Waals surface area contributed by atoms with E-state index in [4.69, 9.17) is 0 Å². The molecule has 4 amide bonds. The third-order valence-corrected chi connectivity index (χ3v) is 8.27. The van der Waals surface area contributed by atoms with Gasteiger partial charge in [0.05, 0.1) is 18.0 Å². The third kappa shape index (κ3) is 5.13. The number of hydrogen-bond acceptors (Lipinski definition) is 5. The molecule has 0 unspecified atom stereocenters. The highest BCUT2D eigenvalue weighted by Gasteiger charge is 2.30. The summed E-state index contributed by atoms with van der Waals surface area (Å²) in [5.74, 6) is -0.694. The fourth-order valence-corrected chi connectivity index (χ4v) is 5.75. The van der Waals surface area contributed by atoms with E-state index < -0.39 is 22.0 Å². The normalized spacial score (nSPS) is 17.2. The van der Waals surface area contributed by atoms with Crippen LogP contribution in [0.3, 0.4) is 0 Å². The lowest BCUT2D eigenvalue weighted by Crippen LogP contribution is -2.38. The van der Waals surface area contributed by atoms with Crippen molar-refractivity contribution in [3.63, 3.8) is 0 Å². The van der Waals surface area contributed by atoms with Gasteiger partial charge in [0.25, 0.3) is 5.91 Å². The summed E-state index contributed by atoms with van der Waals surface area (Å²) in [4.78, 5) is 37.5. The van der Waals surface area contributed by atoms with E-state index >= 15 is 0 Å². The zero-order chi connectivity index (χ0) is 24.3. The standard InChI is InChI=1S/C24H28N4O5S/c1-27(20-8-3-2-4-9-20)34(32,33)21-12-10-18(11-13-21)23(30)26-19-7-5-6-17(14-19)16-28-22(29)15-25-24(28)31/h5-7,10-14,20H,2-4,8-9,15-16H2,1H3,(H,25,31)(H,26,30). The molecule has 34 heavy (non-hydrogen) atoms. The van der Waals surface area contributed by atoms with Crippen molar-refractivity contribution in [3.8, 4) is 0 Å². The lowest BCUT2D eigenvalue weighted by molar-refractivity contribution is -0.125. The predicted molar refractivity (Wildman–Crippen MR) is 127 cm³/mol. The molecule has 10 heteroatoms. The molecule has 180 valence electrons. The van der Waals surface area contributed by atoms with Crippen molar-refractivity contribution in [2.24, 2.45) is 0 Å². The lowest BCUT2D eigenvalue weighted by atomic mass is 9.96. The van der Waals surface area contributed by atoms with Gasteiger partial charge in [-0.25, -0.2) is 13.2 Å². The van der Waals surface area contributed by atoms with E-state index in [1.54, 1.807) is 31.3 Å². The fraction of sp³-hybridized carbons (Fsp3) is 0.375. The van der Waals surface area contributed by atoms with Gasteiger partial charge in [-0.2, -0.15) is 4.31 Å². The number of amides is 4. The zero-order valence-electron chi connectivity index (χ0n) is 19.0. The summed E-state index contributed by atoms with van der Waals surface area (Å²) in [5.41, 5.74) is 1.51. The summed E-state index contributed by atoms with van der Waals surface area (Å²) in [7, 11) is -2.01. The van der Waals surface area contributed by atoms with Crippen LogP contribution in [0.15, 0.2) is 53.4 Å². The van der Waals surface area contributed by atoms with Crippen molar-refractivity contribution < 1.29 is 22.8 Å². The second kappa shape index (κ2) is 9.94. The van der Waals surface area contributed by atoms with E-state index in [1.807, 2.05) is 0 Å². The van der Waals surface area contributed by atoms with Gasteiger partial charge in [-0.05, 0) is 54.8 Å². The number of nitrogens with zero attached hydrogens (tertiary/aromatic N) is 2. The van der Waals surface area contributed by atoms with Crippen LogP contribution in [0.4, 0.5) is 10.5 Å². The van der Waals surface area contributed by atoms with Crippen molar-refractivity contribution in [2.75, 3.05) is 18.9 Å². The molecule has 1 heterocycles. The molecule has 1 saturated carbocycles. The van der Waals surface area contributed by atoms with Gasteiger partial charge in [0.15, 0.2) is 0 Å². The Kier molecular flexibility index (Phi) is 6.99. The molecule has 2 aromatic carbocycles. The number of carbonyl (C=O) groups excluding carboxylic acids is 3. The number of anilines is 1. The molecular formula is C24H28N4O5S. The lowest BCUT2D eigenvalue weighted by Gasteiger charge is -2.30. The van der Waals surface area contributed by atoms with Crippen molar-refractivity contribution in [1.82, 2.24) is 14.5 Å². The van der Waals surface area contributed by atoms with Crippen LogP contribution in [0.25, 0.3) is 0 Å². The quantitative estimate of drug-likeness (QED) is 0.586. The minimum atomic E-state index is -3.63. The average molecular weight is 485 g/mol. The molecule has 2 fully saturated rings. The summed E-state index contributed by atoms with van der Waals surface area (Å²) < 4.78 is 27.5. The van der Waals surface area contributed by atoms with Crippen LogP contribution < -0.4 is 10.6 Å². The van der Waals surface area contributed by atoms with Gasteiger partial charge in [-0.15, -0.1) is 0 Å². The van der Waals surface area contributed by atoms with Crippen LogP contribution in [0.1, 0.15) is 48.0 Å². The molecule has 1 aliphatic carbocycles. The maximum atomic E-state index is 13.0. The smallest absolute Gasteiger partial charge is 0.324 e. The number of sulfonamides is 1. The van der Waals surface area contributed by atoms with Crippen molar-refractivity contribution in [3.05, 3.63) is 59.7 Å². The molecule has 0 radical (unpaired) electrons. The first-order valence-corrected chi connectivity index (χ1v) is 12.8. The largest absolute Gasteiger partial charge is 0.329 e. The number of rotatable bonds is 7. The van der Waals surface area contributed by atoms with E-state index in [1.165, 1.54) is 28.6 Å². The Morgan fingerprint density at radius 3 is 2.44 bits per heavy atom. The van der Waals surface area contributed by atoms with Crippen LogP contribution in [-0.4, -0.2) is 55.1 Å². The van der Waals surface area contributed by atoms with E-state index in [0.717, 1.165) is 37.0 Å². The Labute approximate surface area is 199 Å². The van der Waals surface area contributed by atoms with Crippen LogP contribution in [0.2, 0.25) is 0 Å². The maximum Gasteiger partial charge on any atom is 0.324 e. The van der Waals surface area contributed by atoms with Gasteiger partial charge < -0.3 is 10.6 Å². The molecule has 1 saturated heterocycles. The summed E-state index contributed by atoms with van der Waals surface area (Å²) in [6.45, 7) is 0.0901. The number of nitrogens with one attached hydrogen (secondary N) is 2. The van der Waals surface area contributed by atoms with E-state index in [2.05, 4.69) is 10.6 Å². The number of carbonyl (C=O) groups is 3. The van der Waals surface area contributed by atoms with Gasteiger partial charge in [0, 0.05) is 24.3 Å². The maximum absolute atomic E-state index is 13.0. The Hall–Kier alpha value is -3.24. The van der Waals surface area contributed by atoms with Crippen LogP contribution in [-0.2, 0) is 21.4 Å². The van der Waals surface area contributed by atoms with Gasteiger partial charge in [0.1, 0.15) is 0 Å². The molecule has 0 spiro atoms. The van der Waals surface area contributed by atoms with Crippen molar-refractivity contribution >= 4 is 33.6 Å². The topological polar surface area (TPSA) is 116 Å². The number of imide groups is 1. The molecule has 4 rings (SSSR count). The van der Waals surface area contributed by atoms with Crippen LogP contribution >= 0.6 is 0 Å². The SMILES string of the molecule is CN(C1CCCCC1)S(=O)(=O)c1ccc(C(=O)Nc2cccc(CN3C(=O)CNC3=O)c2)cc1. The highest BCUT2D eigenvalue weighted by Crippen LogP contribution is 2.26. The second-order valence-corrected chi connectivity index (χ2v) is 10.6. The Balaban J connectivity index is 1.42. The highest BCUT2D eigenvalue weighted by molar-refractivity contribution is 7.89. The molecule has 2 aromatic rings. The van der Waals surface area contributed by atoms with E-state index in [9.17, 15) is 22.8 Å². The van der Waals surface area contributed by atoms with E-state index in [0.29, 0.717) is 16.8 Å². The summed E-state index contributed by atoms with van der Waals surface area (Å²) in [5, 5.41) is 5.25.